The maximum Gasteiger partial charge on any atom is 0.223 e. The minimum Gasteiger partial charge on any atom is -0.382 e. The third-order valence-corrected chi connectivity index (χ3v) is 8.19. The predicted octanol–water partition coefficient (Wildman–Crippen LogP) is 4.39. The van der Waals surface area contributed by atoms with E-state index in [4.69, 9.17) is 16.5 Å². The van der Waals surface area contributed by atoms with Crippen molar-refractivity contribution in [3.8, 4) is 11.3 Å². The molecule has 1 saturated carbocycles. The van der Waals surface area contributed by atoms with Gasteiger partial charge in [0.2, 0.25) is 5.91 Å². The van der Waals surface area contributed by atoms with Crippen LogP contribution in [0.1, 0.15) is 43.1 Å². The number of aromatic nitrogens is 4. The van der Waals surface area contributed by atoms with E-state index in [9.17, 15) is 4.79 Å². The number of nitrogens with two attached hydrogens (primary N) is 2. The molecule has 0 bridgehead atoms. The molecule has 0 spiro atoms. The number of aromatic amines is 2. The summed E-state index contributed by atoms with van der Waals surface area (Å²) in [6.07, 6.45) is 5.73. The van der Waals surface area contributed by atoms with Crippen LogP contribution in [0.25, 0.3) is 22.2 Å². The topological polar surface area (TPSA) is 138 Å². The Labute approximate surface area is 215 Å². The van der Waals surface area contributed by atoms with Crippen LogP contribution in [0.2, 0.25) is 0 Å². The summed E-state index contributed by atoms with van der Waals surface area (Å²) >= 11 is 1.79. The van der Waals surface area contributed by atoms with Crippen molar-refractivity contribution in [2.75, 3.05) is 18.0 Å². The monoisotopic (exact) mass is 503 g/mol. The Morgan fingerprint density at radius 2 is 1.94 bits per heavy atom. The number of hydrogen-bond donors (Lipinski definition) is 5. The highest BCUT2D eigenvalue weighted by molar-refractivity contribution is 7.98. The smallest absolute Gasteiger partial charge is 0.223 e. The average Bonchev–Trinajstić information content (AvgIpc) is 3.56. The van der Waals surface area contributed by atoms with Crippen LogP contribution in [0.3, 0.4) is 0 Å². The minimum atomic E-state index is -0.210. The number of thioether (sulfide) groups is 1. The summed E-state index contributed by atoms with van der Waals surface area (Å²) < 4.78 is 0. The van der Waals surface area contributed by atoms with Crippen LogP contribution in [-0.4, -0.2) is 38.4 Å². The summed E-state index contributed by atoms with van der Waals surface area (Å²) in [5, 5.41) is 11.2. The summed E-state index contributed by atoms with van der Waals surface area (Å²) in [6, 6.07) is 16.1. The second-order valence-electron chi connectivity index (χ2n) is 9.56. The lowest BCUT2D eigenvalue weighted by atomic mass is 9.81. The molecule has 2 heterocycles. The molecule has 7 N–H and O–H groups in total. The van der Waals surface area contributed by atoms with Gasteiger partial charge in [-0.2, -0.15) is 16.9 Å². The van der Waals surface area contributed by atoms with Crippen LogP contribution in [0.5, 0.6) is 0 Å². The Hall–Kier alpha value is -3.30. The number of nitrogens with one attached hydrogen (secondary N) is 3. The van der Waals surface area contributed by atoms with E-state index in [1.807, 2.05) is 30.5 Å². The molecule has 1 aliphatic carbocycles. The fourth-order valence-corrected chi connectivity index (χ4v) is 5.89. The molecule has 4 aromatic rings. The molecule has 188 valence electrons. The summed E-state index contributed by atoms with van der Waals surface area (Å²) in [7, 11) is 0. The van der Waals surface area contributed by atoms with Gasteiger partial charge >= 0.3 is 0 Å². The highest BCUT2D eigenvalue weighted by atomic mass is 32.2. The summed E-state index contributed by atoms with van der Waals surface area (Å²) in [5.74, 6) is 3.54. The summed E-state index contributed by atoms with van der Waals surface area (Å²) in [5.41, 5.74) is 15.6. The predicted molar refractivity (Wildman–Crippen MR) is 146 cm³/mol. The molecule has 1 aliphatic rings. The van der Waals surface area contributed by atoms with Crippen molar-refractivity contribution in [1.82, 2.24) is 25.5 Å². The second-order valence-corrected chi connectivity index (χ2v) is 10.6. The first kappa shape index (κ1) is 24.4. The Balaban J connectivity index is 1.31. The summed E-state index contributed by atoms with van der Waals surface area (Å²) in [4.78, 5) is 21.4. The zero-order chi connectivity index (χ0) is 24.9. The molecule has 36 heavy (non-hydrogen) atoms. The minimum absolute atomic E-state index is 0.0390. The van der Waals surface area contributed by atoms with Gasteiger partial charge in [0.1, 0.15) is 5.82 Å². The van der Waals surface area contributed by atoms with Gasteiger partial charge in [0, 0.05) is 34.6 Å². The first-order valence-corrected chi connectivity index (χ1v) is 13.7. The number of nitrogens with zero attached hydrogens (tertiary/aromatic N) is 2. The zero-order valence-electron chi connectivity index (χ0n) is 20.2. The molecule has 1 atom stereocenters. The quantitative estimate of drug-likeness (QED) is 0.230. The Morgan fingerprint density at radius 1 is 1.14 bits per heavy atom. The SMILES string of the molecule is NC[C@H]1CC[C@H](C(=O)N[C@@H](CSCc2ccccc2)c2nc(-c3ccc4c(N)n[nH]c4c3)c[nH]2)CC1. The fraction of sp³-hybridized carbons (Fsp3) is 0.370. The van der Waals surface area contributed by atoms with Crippen LogP contribution in [0.15, 0.2) is 54.7 Å². The third-order valence-electron chi connectivity index (χ3n) is 7.08. The lowest BCUT2D eigenvalue weighted by Crippen LogP contribution is -2.37. The van der Waals surface area contributed by atoms with Crippen LogP contribution in [0, 0.1) is 11.8 Å². The summed E-state index contributed by atoms with van der Waals surface area (Å²) in [6.45, 7) is 0.708. The van der Waals surface area contributed by atoms with Crippen molar-refractivity contribution in [3.63, 3.8) is 0 Å². The second kappa shape index (κ2) is 11.2. The van der Waals surface area contributed by atoms with Gasteiger partial charge in [0.25, 0.3) is 0 Å². The fourth-order valence-electron chi connectivity index (χ4n) is 4.87. The molecule has 1 fully saturated rings. The average molecular weight is 504 g/mol. The van der Waals surface area contributed by atoms with Gasteiger partial charge in [0.15, 0.2) is 5.82 Å². The lowest BCUT2D eigenvalue weighted by molar-refractivity contribution is -0.126. The van der Waals surface area contributed by atoms with Crippen molar-refractivity contribution in [2.24, 2.45) is 17.6 Å². The van der Waals surface area contributed by atoms with Gasteiger partial charge in [-0.15, -0.1) is 0 Å². The number of imidazole rings is 1. The molecule has 0 unspecified atom stereocenters. The van der Waals surface area contributed by atoms with Crippen LogP contribution < -0.4 is 16.8 Å². The molecule has 0 saturated heterocycles. The highest BCUT2D eigenvalue weighted by Crippen LogP contribution is 2.30. The van der Waals surface area contributed by atoms with Crippen molar-refractivity contribution in [2.45, 2.75) is 37.5 Å². The maximum absolute atomic E-state index is 13.2. The number of benzene rings is 2. The number of anilines is 1. The molecule has 2 aromatic heterocycles. The highest BCUT2D eigenvalue weighted by Gasteiger charge is 2.28. The molecule has 5 rings (SSSR count). The van der Waals surface area contributed by atoms with Crippen LogP contribution in [0.4, 0.5) is 5.82 Å². The first-order valence-electron chi connectivity index (χ1n) is 12.5. The van der Waals surface area contributed by atoms with E-state index in [0.29, 0.717) is 18.3 Å². The standard InChI is InChI=1S/C27H33N7OS/c28-13-17-6-8-19(9-7-17)27(35)32-24(16-36-15-18-4-2-1-3-5-18)26-30-14-23(31-26)20-10-11-21-22(12-20)33-34-25(21)29/h1-5,10-12,14,17,19,24H,6-9,13,15-16,28H2,(H,30,31)(H,32,35)(H3,29,33,34)/t17-,19-,24-/m0/s1. The molecule has 0 radical (unpaired) electrons. The number of amides is 1. The Kier molecular flexibility index (Phi) is 7.58. The molecular formula is C27H33N7OS. The van der Waals surface area contributed by atoms with Crippen molar-refractivity contribution < 1.29 is 4.79 Å². The number of H-pyrrole nitrogens is 2. The number of nitrogen functional groups attached to an aromatic ring is 1. The van der Waals surface area contributed by atoms with Gasteiger partial charge in [-0.05, 0) is 55.8 Å². The number of carbonyl (C=O) groups is 1. The number of hydrogen-bond acceptors (Lipinski definition) is 6. The van der Waals surface area contributed by atoms with Gasteiger partial charge in [-0.3, -0.25) is 9.89 Å². The molecule has 1 amide bonds. The van der Waals surface area contributed by atoms with Crippen molar-refractivity contribution >= 4 is 34.4 Å². The lowest BCUT2D eigenvalue weighted by Gasteiger charge is -2.28. The number of fused-ring (bicyclic) bond motifs is 1. The molecular weight excluding hydrogens is 470 g/mol. The van der Waals surface area contributed by atoms with Gasteiger partial charge in [-0.25, -0.2) is 4.98 Å². The normalized spacial score (nSPS) is 18.8. The zero-order valence-corrected chi connectivity index (χ0v) is 21.1. The van der Waals surface area contributed by atoms with Gasteiger partial charge in [0.05, 0.1) is 17.3 Å². The Bertz CT molecular complexity index is 1290. The van der Waals surface area contributed by atoms with Crippen LogP contribution >= 0.6 is 11.8 Å². The Morgan fingerprint density at radius 3 is 2.72 bits per heavy atom. The van der Waals surface area contributed by atoms with E-state index >= 15 is 0 Å². The molecule has 9 heteroatoms. The molecule has 0 aliphatic heterocycles. The maximum atomic E-state index is 13.2. The number of rotatable bonds is 9. The van der Waals surface area contributed by atoms with E-state index in [1.54, 1.807) is 11.8 Å². The van der Waals surface area contributed by atoms with Gasteiger partial charge < -0.3 is 21.8 Å². The van der Waals surface area contributed by atoms with Crippen molar-refractivity contribution in [1.29, 1.82) is 0 Å². The molecule has 2 aromatic carbocycles. The van der Waals surface area contributed by atoms with E-state index in [0.717, 1.165) is 65.2 Å². The largest absolute Gasteiger partial charge is 0.382 e. The first-order chi connectivity index (χ1) is 17.6. The van der Waals surface area contributed by atoms with Gasteiger partial charge in [-0.1, -0.05) is 36.4 Å². The molecule has 8 nitrogen and oxygen atoms in total. The van der Waals surface area contributed by atoms with Crippen LogP contribution in [-0.2, 0) is 10.5 Å². The third kappa shape index (κ3) is 5.57. The van der Waals surface area contributed by atoms with E-state index in [-0.39, 0.29) is 17.9 Å². The van der Waals surface area contributed by atoms with Crippen molar-refractivity contribution in [3.05, 3.63) is 66.1 Å². The van der Waals surface area contributed by atoms with E-state index in [1.165, 1.54) is 5.56 Å². The number of carbonyl (C=O) groups excluding carboxylic acids is 1. The van der Waals surface area contributed by atoms with E-state index in [2.05, 4.69) is 44.8 Å². The van der Waals surface area contributed by atoms with E-state index < -0.39 is 0 Å².